The van der Waals surface area contributed by atoms with Crippen molar-refractivity contribution in [1.29, 1.82) is 0 Å². The zero-order chi connectivity index (χ0) is 14.9. The maximum Gasteiger partial charge on any atom is 0.575 e. The summed E-state index contributed by atoms with van der Waals surface area (Å²) in [7, 11) is 0. The minimum absolute atomic E-state index is 0.223. The number of halogens is 4. The lowest BCUT2D eigenvalue weighted by atomic mass is 10.1. The first kappa shape index (κ1) is 14.3. The van der Waals surface area contributed by atoms with Gasteiger partial charge in [0, 0.05) is 18.7 Å². The summed E-state index contributed by atoms with van der Waals surface area (Å²) in [5.41, 5.74) is 0.318. The van der Waals surface area contributed by atoms with Crippen LogP contribution in [-0.2, 0) is 14.3 Å². The van der Waals surface area contributed by atoms with E-state index in [1.165, 1.54) is 12.1 Å². The van der Waals surface area contributed by atoms with Gasteiger partial charge in [0.2, 0.25) is 5.91 Å². The second-order valence-corrected chi connectivity index (χ2v) is 4.25. The highest BCUT2D eigenvalue weighted by Gasteiger charge is 2.42. The minimum atomic E-state index is -5.07. The summed E-state index contributed by atoms with van der Waals surface area (Å²) in [6.45, 7) is -0.223. The van der Waals surface area contributed by atoms with Crippen LogP contribution < -0.4 is 4.90 Å². The molecule has 0 radical (unpaired) electrons. The molecule has 2 rings (SSSR count). The van der Waals surface area contributed by atoms with Gasteiger partial charge in [-0.05, 0) is 24.3 Å². The van der Waals surface area contributed by atoms with Crippen molar-refractivity contribution in [2.24, 2.45) is 5.92 Å². The molecule has 1 atom stereocenters. The summed E-state index contributed by atoms with van der Waals surface area (Å²) >= 11 is 0. The fourth-order valence-corrected chi connectivity index (χ4v) is 1.93. The van der Waals surface area contributed by atoms with E-state index in [1.54, 1.807) is 0 Å². The largest absolute Gasteiger partial charge is 0.575 e. The summed E-state index contributed by atoms with van der Waals surface area (Å²) in [4.78, 5) is 24.1. The number of hydrogen-bond donors (Lipinski definition) is 0. The van der Waals surface area contributed by atoms with Crippen molar-refractivity contribution in [3.05, 3.63) is 30.1 Å². The number of anilines is 1. The molecule has 20 heavy (non-hydrogen) atoms. The molecular formula is C12H9F4NO3. The Balaban J connectivity index is 2.07. The minimum Gasteiger partial charge on any atom is -0.373 e. The molecule has 108 valence electrons. The lowest BCUT2D eigenvalue weighted by Gasteiger charge is -2.16. The lowest BCUT2D eigenvalue weighted by molar-refractivity contribution is -0.307. The predicted molar refractivity (Wildman–Crippen MR) is 59.0 cm³/mol. The number of carbonyl (C=O) groups excluding carboxylic acids is 2. The van der Waals surface area contributed by atoms with Crippen molar-refractivity contribution in [2.75, 3.05) is 11.4 Å². The number of benzene rings is 1. The number of rotatable bonds is 2. The van der Waals surface area contributed by atoms with Crippen LogP contribution in [0.3, 0.4) is 0 Å². The van der Waals surface area contributed by atoms with Gasteiger partial charge in [-0.15, -0.1) is 13.2 Å². The molecule has 1 heterocycles. The van der Waals surface area contributed by atoms with Gasteiger partial charge in [0.05, 0.1) is 5.92 Å². The van der Waals surface area contributed by atoms with E-state index in [0.29, 0.717) is 5.69 Å². The fourth-order valence-electron chi connectivity index (χ4n) is 1.93. The van der Waals surface area contributed by atoms with E-state index in [2.05, 4.69) is 4.74 Å². The Morgan fingerprint density at radius 3 is 2.40 bits per heavy atom. The van der Waals surface area contributed by atoms with Crippen LogP contribution in [0, 0.1) is 11.7 Å². The molecule has 1 unspecified atom stereocenters. The Bertz CT molecular complexity index is 526. The normalized spacial score (nSPS) is 19.3. The van der Waals surface area contributed by atoms with Gasteiger partial charge in [0.1, 0.15) is 5.82 Å². The molecule has 4 nitrogen and oxygen atoms in total. The fraction of sp³-hybridized carbons (Fsp3) is 0.333. The van der Waals surface area contributed by atoms with Crippen LogP contribution in [0.4, 0.5) is 23.2 Å². The number of hydrogen-bond acceptors (Lipinski definition) is 3. The van der Waals surface area contributed by atoms with E-state index in [1.807, 2.05) is 0 Å². The SMILES string of the molecule is O=C(OC(F)(F)F)C1CC(=O)N(c2ccc(F)cc2)C1. The molecule has 1 amide bonds. The van der Waals surface area contributed by atoms with Crippen LogP contribution in [0.15, 0.2) is 24.3 Å². The first-order chi connectivity index (χ1) is 9.26. The Labute approximate surface area is 110 Å². The van der Waals surface area contributed by atoms with Crippen molar-refractivity contribution in [3.63, 3.8) is 0 Å². The highest BCUT2D eigenvalue weighted by Crippen LogP contribution is 2.28. The summed E-state index contributed by atoms with van der Waals surface area (Å²) < 4.78 is 51.9. The first-order valence-electron chi connectivity index (χ1n) is 5.62. The van der Waals surface area contributed by atoms with Gasteiger partial charge in [-0.1, -0.05) is 0 Å². The third-order valence-electron chi connectivity index (χ3n) is 2.81. The molecule has 1 fully saturated rings. The molecule has 1 aliphatic rings. The first-order valence-corrected chi connectivity index (χ1v) is 5.62. The number of carbonyl (C=O) groups is 2. The Morgan fingerprint density at radius 1 is 1.25 bits per heavy atom. The van der Waals surface area contributed by atoms with Crippen LogP contribution in [0.2, 0.25) is 0 Å². The van der Waals surface area contributed by atoms with Gasteiger partial charge in [0.25, 0.3) is 0 Å². The quantitative estimate of drug-likeness (QED) is 0.620. The summed E-state index contributed by atoms with van der Waals surface area (Å²) in [5.74, 6) is -3.70. The average molecular weight is 291 g/mol. The number of alkyl halides is 3. The molecule has 0 N–H and O–H groups in total. The molecule has 1 aromatic carbocycles. The number of ether oxygens (including phenoxy) is 1. The monoisotopic (exact) mass is 291 g/mol. The summed E-state index contributed by atoms with van der Waals surface area (Å²) in [6, 6.07) is 4.85. The molecule has 0 aromatic heterocycles. The Kier molecular flexibility index (Phi) is 3.65. The summed E-state index contributed by atoms with van der Waals surface area (Å²) in [6.07, 6.45) is -5.43. The van der Waals surface area contributed by atoms with Crippen LogP contribution in [0.5, 0.6) is 0 Å². The van der Waals surface area contributed by atoms with E-state index in [-0.39, 0.29) is 13.0 Å². The highest BCUT2D eigenvalue weighted by atomic mass is 19.4. The lowest BCUT2D eigenvalue weighted by Crippen LogP contribution is -2.29. The van der Waals surface area contributed by atoms with Gasteiger partial charge in [0.15, 0.2) is 0 Å². The molecule has 1 aromatic rings. The third-order valence-corrected chi connectivity index (χ3v) is 2.81. The van der Waals surface area contributed by atoms with E-state index in [9.17, 15) is 27.2 Å². The molecule has 0 saturated carbocycles. The van der Waals surface area contributed by atoms with E-state index in [4.69, 9.17) is 0 Å². The molecule has 1 aliphatic heterocycles. The predicted octanol–water partition coefficient (Wildman–Crippen LogP) is 2.24. The van der Waals surface area contributed by atoms with Crippen molar-refractivity contribution < 1.29 is 31.9 Å². The average Bonchev–Trinajstić information content (AvgIpc) is 2.70. The van der Waals surface area contributed by atoms with E-state index >= 15 is 0 Å². The molecule has 0 bridgehead atoms. The Morgan fingerprint density at radius 2 is 1.85 bits per heavy atom. The maximum atomic E-state index is 12.8. The number of nitrogens with zero attached hydrogens (tertiary/aromatic N) is 1. The van der Waals surface area contributed by atoms with E-state index < -0.39 is 30.0 Å². The van der Waals surface area contributed by atoms with Crippen LogP contribution >= 0.6 is 0 Å². The third kappa shape index (κ3) is 3.25. The van der Waals surface area contributed by atoms with Crippen molar-refractivity contribution in [3.8, 4) is 0 Å². The van der Waals surface area contributed by atoms with Crippen molar-refractivity contribution in [2.45, 2.75) is 12.8 Å². The standard InChI is InChI=1S/C12H9F4NO3/c13-8-1-3-9(4-2-8)17-6-7(5-10(17)18)11(19)20-12(14,15)16/h1-4,7H,5-6H2. The second-order valence-electron chi connectivity index (χ2n) is 4.25. The smallest absolute Gasteiger partial charge is 0.373 e. The van der Waals surface area contributed by atoms with Gasteiger partial charge in [-0.3, -0.25) is 9.59 Å². The van der Waals surface area contributed by atoms with Crippen LogP contribution in [-0.4, -0.2) is 24.8 Å². The van der Waals surface area contributed by atoms with Crippen LogP contribution in [0.25, 0.3) is 0 Å². The van der Waals surface area contributed by atoms with Gasteiger partial charge >= 0.3 is 12.3 Å². The van der Waals surface area contributed by atoms with Gasteiger partial charge in [-0.2, -0.15) is 0 Å². The number of esters is 1. The van der Waals surface area contributed by atoms with Gasteiger partial charge in [-0.25, -0.2) is 4.39 Å². The maximum absolute atomic E-state index is 12.8. The zero-order valence-electron chi connectivity index (χ0n) is 9.98. The van der Waals surface area contributed by atoms with Crippen molar-refractivity contribution in [1.82, 2.24) is 0 Å². The number of amides is 1. The van der Waals surface area contributed by atoms with Gasteiger partial charge < -0.3 is 9.64 Å². The zero-order valence-corrected chi connectivity index (χ0v) is 9.98. The van der Waals surface area contributed by atoms with E-state index in [0.717, 1.165) is 17.0 Å². The summed E-state index contributed by atoms with van der Waals surface area (Å²) in [5, 5.41) is 0. The topological polar surface area (TPSA) is 46.6 Å². The molecular weight excluding hydrogens is 282 g/mol. The molecule has 1 saturated heterocycles. The molecule has 8 heteroatoms. The van der Waals surface area contributed by atoms with Crippen molar-refractivity contribution >= 4 is 17.6 Å². The Hall–Kier alpha value is -2.12. The highest BCUT2D eigenvalue weighted by molar-refractivity contribution is 5.99. The second kappa shape index (κ2) is 5.10. The van der Waals surface area contributed by atoms with Crippen LogP contribution in [0.1, 0.15) is 6.42 Å². The molecule has 0 spiro atoms. The molecule has 0 aliphatic carbocycles.